The second-order valence-corrected chi connectivity index (χ2v) is 3.84. The Morgan fingerprint density at radius 1 is 1.29 bits per heavy atom. The van der Waals surface area contributed by atoms with Gasteiger partial charge in [-0.1, -0.05) is 18.2 Å². The first-order chi connectivity index (χ1) is 6.88. The average Bonchev–Trinajstić information content (AvgIpc) is 2.56. The number of benzene rings is 1. The normalized spacial score (nSPS) is 28.3. The van der Waals surface area contributed by atoms with Gasteiger partial charge in [0.15, 0.2) is 0 Å². The highest BCUT2D eigenvalue weighted by Gasteiger charge is 2.37. The molecule has 3 heteroatoms. The van der Waals surface area contributed by atoms with Crippen molar-refractivity contribution in [3.63, 3.8) is 0 Å². The highest BCUT2D eigenvalue weighted by atomic mass is 16.6. The summed E-state index contributed by atoms with van der Waals surface area (Å²) in [7, 11) is 0. The van der Waals surface area contributed by atoms with E-state index in [0.717, 1.165) is 12.8 Å². The zero-order valence-electron chi connectivity index (χ0n) is 7.79. The Labute approximate surface area is 82.7 Å². The summed E-state index contributed by atoms with van der Waals surface area (Å²) in [6.45, 7) is 0. The summed E-state index contributed by atoms with van der Waals surface area (Å²) in [6.07, 6.45) is 5.64. The zero-order valence-corrected chi connectivity index (χ0v) is 7.79. The maximum absolute atomic E-state index is 5.15. The van der Waals surface area contributed by atoms with E-state index in [4.69, 9.17) is 4.84 Å². The molecule has 3 nitrogen and oxygen atoms in total. The van der Waals surface area contributed by atoms with Crippen LogP contribution >= 0.6 is 0 Å². The Balaban J connectivity index is 1.93. The van der Waals surface area contributed by atoms with Gasteiger partial charge in [0.05, 0.1) is 0 Å². The Bertz CT molecular complexity index is 362. The van der Waals surface area contributed by atoms with Gasteiger partial charge < -0.3 is 10.2 Å². The average molecular weight is 188 g/mol. The summed E-state index contributed by atoms with van der Waals surface area (Å²) in [5.41, 5.74) is 5.47. The lowest BCUT2D eigenvalue weighted by Gasteiger charge is -2.31. The highest BCUT2D eigenvalue weighted by molar-refractivity contribution is 5.58. The van der Waals surface area contributed by atoms with Gasteiger partial charge in [0, 0.05) is 18.5 Å². The van der Waals surface area contributed by atoms with Crippen LogP contribution in [0.5, 0.6) is 0 Å². The molecule has 0 amide bonds. The van der Waals surface area contributed by atoms with Crippen molar-refractivity contribution in [1.82, 2.24) is 5.48 Å². The highest BCUT2D eigenvalue weighted by Crippen LogP contribution is 2.33. The van der Waals surface area contributed by atoms with E-state index in [9.17, 15) is 0 Å². The van der Waals surface area contributed by atoms with E-state index in [-0.39, 0.29) is 5.66 Å². The Kier molecular flexibility index (Phi) is 1.55. The number of hydrogen-bond donors (Lipinski definition) is 2. The van der Waals surface area contributed by atoms with Crippen molar-refractivity contribution >= 4 is 5.69 Å². The van der Waals surface area contributed by atoms with Gasteiger partial charge in [-0.2, -0.15) is 0 Å². The van der Waals surface area contributed by atoms with Crippen LogP contribution in [-0.2, 0) is 11.3 Å². The van der Waals surface area contributed by atoms with Crippen LogP contribution < -0.4 is 10.8 Å². The molecule has 0 saturated carbocycles. The van der Waals surface area contributed by atoms with Gasteiger partial charge in [-0.3, -0.25) is 0 Å². The number of para-hydroxylation sites is 1. The summed E-state index contributed by atoms with van der Waals surface area (Å²) in [5, 5.41) is 3.46. The molecule has 1 spiro atoms. The molecule has 1 unspecified atom stereocenters. The van der Waals surface area contributed by atoms with Crippen LogP contribution in [0.15, 0.2) is 36.6 Å². The summed E-state index contributed by atoms with van der Waals surface area (Å²) >= 11 is 0. The first-order valence-corrected chi connectivity index (χ1v) is 4.82. The zero-order chi connectivity index (χ0) is 9.43. The Hall–Kier alpha value is -1.48. The largest absolute Gasteiger partial charge is 0.415 e. The minimum atomic E-state index is -0.127. The molecule has 72 valence electrons. The predicted molar refractivity (Wildman–Crippen MR) is 54.5 cm³/mol. The molecule has 14 heavy (non-hydrogen) atoms. The molecule has 1 aromatic rings. The standard InChI is InChI=1S/C11H12N2O/c1-2-5-10-9(4-1)8-11(12-10)6-3-7-14-13-11/h1-5,7,12-13H,6,8H2. The molecule has 2 aliphatic heterocycles. The molecule has 3 rings (SSSR count). The topological polar surface area (TPSA) is 33.3 Å². The third-order valence-corrected chi connectivity index (χ3v) is 2.77. The predicted octanol–water partition coefficient (Wildman–Crippen LogP) is 1.79. The fraction of sp³-hybridized carbons (Fsp3) is 0.273. The maximum atomic E-state index is 5.15. The third kappa shape index (κ3) is 1.09. The van der Waals surface area contributed by atoms with Crippen LogP contribution in [0.4, 0.5) is 5.69 Å². The van der Waals surface area contributed by atoms with Gasteiger partial charge in [-0.15, -0.1) is 5.48 Å². The van der Waals surface area contributed by atoms with Crippen LogP contribution in [0.25, 0.3) is 0 Å². The second kappa shape index (κ2) is 2.75. The molecule has 2 N–H and O–H groups in total. The van der Waals surface area contributed by atoms with E-state index in [1.54, 1.807) is 6.26 Å². The monoisotopic (exact) mass is 188 g/mol. The van der Waals surface area contributed by atoms with E-state index in [1.165, 1.54) is 11.3 Å². The number of rotatable bonds is 0. The first-order valence-electron chi connectivity index (χ1n) is 4.82. The van der Waals surface area contributed by atoms with E-state index >= 15 is 0 Å². The molecular formula is C11H12N2O. The Morgan fingerprint density at radius 2 is 2.21 bits per heavy atom. The van der Waals surface area contributed by atoms with Gasteiger partial charge in [0.25, 0.3) is 0 Å². The van der Waals surface area contributed by atoms with Crippen molar-refractivity contribution < 1.29 is 4.84 Å². The molecule has 1 aromatic carbocycles. The SMILES string of the molecule is C1=CONC2(C1)Cc1ccccc1N2. The van der Waals surface area contributed by atoms with Gasteiger partial charge in [-0.25, -0.2) is 0 Å². The van der Waals surface area contributed by atoms with E-state index < -0.39 is 0 Å². The molecule has 0 aliphatic carbocycles. The quantitative estimate of drug-likeness (QED) is 0.651. The fourth-order valence-corrected chi connectivity index (χ4v) is 2.09. The minimum Gasteiger partial charge on any atom is -0.415 e. The maximum Gasteiger partial charge on any atom is 0.129 e. The van der Waals surface area contributed by atoms with Crippen LogP contribution in [0.1, 0.15) is 12.0 Å². The molecule has 2 heterocycles. The number of fused-ring (bicyclic) bond motifs is 1. The second-order valence-electron chi connectivity index (χ2n) is 3.84. The molecule has 1 atom stereocenters. The van der Waals surface area contributed by atoms with Crippen LogP contribution in [0.2, 0.25) is 0 Å². The molecule has 0 bridgehead atoms. The molecule has 2 aliphatic rings. The molecule has 0 aromatic heterocycles. The van der Waals surface area contributed by atoms with Gasteiger partial charge in [-0.05, 0) is 17.7 Å². The van der Waals surface area contributed by atoms with Crippen molar-refractivity contribution in [3.8, 4) is 0 Å². The van der Waals surface area contributed by atoms with E-state index in [2.05, 4.69) is 29.0 Å². The number of hydroxylamine groups is 1. The molecular weight excluding hydrogens is 176 g/mol. The van der Waals surface area contributed by atoms with E-state index in [1.807, 2.05) is 12.1 Å². The summed E-state index contributed by atoms with van der Waals surface area (Å²) in [5.74, 6) is 0. The smallest absolute Gasteiger partial charge is 0.129 e. The summed E-state index contributed by atoms with van der Waals surface area (Å²) in [6, 6.07) is 8.37. The lowest BCUT2D eigenvalue weighted by molar-refractivity contribution is 0.0461. The minimum absolute atomic E-state index is 0.127. The van der Waals surface area contributed by atoms with Crippen LogP contribution in [0.3, 0.4) is 0 Å². The lowest BCUT2D eigenvalue weighted by atomic mass is 10.0. The van der Waals surface area contributed by atoms with Crippen molar-refractivity contribution in [2.75, 3.05) is 5.32 Å². The van der Waals surface area contributed by atoms with Crippen molar-refractivity contribution in [1.29, 1.82) is 0 Å². The third-order valence-electron chi connectivity index (χ3n) is 2.77. The van der Waals surface area contributed by atoms with Gasteiger partial charge >= 0.3 is 0 Å². The first kappa shape index (κ1) is 7.88. The van der Waals surface area contributed by atoms with Gasteiger partial charge in [0.1, 0.15) is 11.9 Å². The summed E-state index contributed by atoms with van der Waals surface area (Å²) < 4.78 is 0. The van der Waals surface area contributed by atoms with Crippen LogP contribution in [-0.4, -0.2) is 5.66 Å². The molecule has 0 saturated heterocycles. The van der Waals surface area contributed by atoms with Crippen molar-refractivity contribution in [3.05, 3.63) is 42.2 Å². The van der Waals surface area contributed by atoms with Crippen molar-refractivity contribution in [2.24, 2.45) is 0 Å². The van der Waals surface area contributed by atoms with E-state index in [0.29, 0.717) is 0 Å². The fourth-order valence-electron chi connectivity index (χ4n) is 2.09. The lowest BCUT2D eigenvalue weighted by Crippen LogP contribution is -2.51. The molecule has 0 fully saturated rings. The Morgan fingerprint density at radius 3 is 3.00 bits per heavy atom. The van der Waals surface area contributed by atoms with Gasteiger partial charge in [0.2, 0.25) is 0 Å². The number of hydrogen-bond acceptors (Lipinski definition) is 3. The molecule has 0 radical (unpaired) electrons. The van der Waals surface area contributed by atoms with Crippen molar-refractivity contribution in [2.45, 2.75) is 18.5 Å². The summed E-state index contributed by atoms with van der Waals surface area (Å²) in [4.78, 5) is 5.15. The number of anilines is 1. The number of nitrogens with one attached hydrogen (secondary N) is 2. The van der Waals surface area contributed by atoms with Crippen LogP contribution in [0, 0.1) is 0 Å².